The van der Waals surface area contributed by atoms with Crippen molar-refractivity contribution in [3.05, 3.63) is 51.4 Å². The van der Waals surface area contributed by atoms with Crippen molar-refractivity contribution >= 4 is 34.7 Å². The topological polar surface area (TPSA) is 48.7 Å². The molecule has 0 amide bonds. The fourth-order valence-electron chi connectivity index (χ4n) is 1.57. The molecule has 0 saturated heterocycles. The Kier molecular flexibility index (Phi) is 3.89. The quantitative estimate of drug-likeness (QED) is 0.890. The van der Waals surface area contributed by atoms with E-state index in [1.807, 2.05) is 6.07 Å². The summed E-state index contributed by atoms with van der Waals surface area (Å²) >= 11 is 11.8. The minimum absolute atomic E-state index is 0.122. The summed E-state index contributed by atoms with van der Waals surface area (Å²) in [5, 5.41) is 12.2. The van der Waals surface area contributed by atoms with E-state index in [4.69, 9.17) is 28.5 Å². The van der Waals surface area contributed by atoms with Gasteiger partial charge >= 0.3 is 0 Å². The van der Waals surface area contributed by atoms with Gasteiger partial charge in [-0.1, -0.05) is 23.2 Å². The van der Waals surface area contributed by atoms with Crippen LogP contribution in [0.25, 0.3) is 0 Å². The van der Waals surface area contributed by atoms with Gasteiger partial charge < -0.3 is 5.32 Å². The molecule has 0 bridgehead atoms. The summed E-state index contributed by atoms with van der Waals surface area (Å²) in [5.74, 6) is -0.198. The lowest BCUT2D eigenvalue weighted by Gasteiger charge is -2.11. The first-order valence-corrected chi connectivity index (χ1v) is 6.05. The van der Waals surface area contributed by atoms with E-state index in [-0.39, 0.29) is 10.0 Å². The lowest BCUT2D eigenvalue weighted by molar-refractivity contribution is 0.628. The van der Waals surface area contributed by atoms with Crippen LogP contribution in [0.1, 0.15) is 11.1 Å². The van der Waals surface area contributed by atoms with Crippen LogP contribution in [0.3, 0.4) is 0 Å². The number of nitrogens with zero attached hydrogens (tertiary/aromatic N) is 2. The average molecular weight is 296 g/mol. The first-order chi connectivity index (χ1) is 9.02. The lowest BCUT2D eigenvalue weighted by Crippen LogP contribution is -2.00. The molecule has 0 aliphatic rings. The maximum Gasteiger partial charge on any atom is 0.148 e. The van der Waals surface area contributed by atoms with Gasteiger partial charge in [-0.25, -0.2) is 9.37 Å². The van der Waals surface area contributed by atoms with Gasteiger partial charge in [0.25, 0.3) is 0 Å². The molecule has 6 heteroatoms. The predicted molar refractivity (Wildman–Crippen MR) is 73.4 cm³/mol. The lowest BCUT2D eigenvalue weighted by atomic mass is 10.1. The zero-order chi connectivity index (χ0) is 14.0. The minimum atomic E-state index is -0.529. The fourth-order valence-corrected chi connectivity index (χ4v) is 2.13. The highest BCUT2D eigenvalue weighted by Gasteiger charge is 2.12. The Hall–Kier alpha value is -1.83. The average Bonchev–Trinajstić information content (AvgIpc) is 2.34. The van der Waals surface area contributed by atoms with E-state index in [1.54, 1.807) is 19.2 Å². The van der Waals surface area contributed by atoms with Crippen molar-refractivity contribution < 1.29 is 4.39 Å². The summed E-state index contributed by atoms with van der Waals surface area (Å²) in [4.78, 5) is 4.07. The molecule has 1 heterocycles. The van der Waals surface area contributed by atoms with Gasteiger partial charge in [-0.15, -0.1) is 0 Å². The van der Waals surface area contributed by atoms with Crippen molar-refractivity contribution in [2.24, 2.45) is 0 Å². The number of hydrogen-bond donors (Lipinski definition) is 1. The molecule has 0 aliphatic heterocycles. The third-order valence-corrected chi connectivity index (χ3v) is 3.12. The van der Waals surface area contributed by atoms with E-state index in [0.29, 0.717) is 17.1 Å². The second-order valence-electron chi connectivity index (χ2n) is 3.83. The zero-order valence-corrected chi connectivity index (χ0v) is 11.3. The van der Waals surface area contributed by atoms with Gasteiger partial charge in [-0.3, -0.25) is 0 Å². The van der Waals surface area contributed by atoms with Crippen LogP contribution in [0.2, 0.25) is 10.0 Å². The standard InChI is InChI=1S/C13H8Cl2FN3/c1-7-2-3-18-13(9(7)6-17)19-12-10(14)4-8(16)5-11(12)15/h2-5H,1H3,(H,18,19). The van der Waals surface area contributed by atoms with E-state index in [2.05, 4.69) is 10.3 Å². The van der Waals surface area contributed by atoms with E-state index in [1.165, 1.54) is 0 Å². The molecule has 1 aromatic heterocycles. The highest BCUT2D eigenvalue weighted by atomic mass is 35.5. The SMILES string of the molecule is Cc1ccnc(Nc2c(Cl)cc(F)cc2Cl)c1C#N. The highest BCUT2D eigenvalue weighted by molar-refractivity contribution is 6.39. The number of aromatic nitrogens is 1. The van der Waals surface area contributed by atoms with Crippen LogP contribution in [-0.2, 0) is 0 Å². The van der Waals surface area contributed by atoms with Crippen molar-refractivity contribution in [2.45, 2.75) is 6.92 Å². The van der Waals surface area contributed by atoms with Gasteiger partial charge in [0, 0.05) is 6.20 Å². The molecule has 0 unspecified atom stereocenters. The fraction of sp³-hybridized carbons (Fsp3) is 0.0769. The Balaban J connectivity index is 2.49. The molecule has 1 aromatic carbocycles. The Bertz CT molecular complexity index is 657. The molecule has 0 atom stereocenters. The van der Waals surface area contributed by atoms with Crippen molar-refractivity contribution in [2.75, 3.05) is 5.32 Å². The van der Waals surface area contributed by atoms with Gasteiger partial charge in [-0.05, 0) is 30.7 Å². The predicted octanol–water partition coefficient (Wildman–Crippen LogP) is 4.45. The molecule has 0 fully saturated rings. The van der Waals surface area contributed by atoms with Crippen molar-refractivity contribution in [1.82, 2.24) is 4.98 Å². The first-order valence-electron chi connectivity index (χ1n) is 5.30. The number of halogens is 3. The smallest absolute Gasteiger partial charge is 0.148 e. The zero-order valence-electron chi connectivity index (χ0n) is 9.84. The van der Waals surface area contributed by atoms with E-state index in [0.717, 1.165) is 17.7 Å². The molecule has 3 nitrogen and oxygen atoms in total. The van der Waals surface area contributed by atoms with E-state index < -0.39 is 5.82 Å². The van der Waals surface area contributed by atoms with Crippen molar-refractivity contribution in [1.29, 1.82) is 5.26 Å². The Morgan fingerprint density at radius 3 is 2.53 bits per heavy atom. The molecule has 2 rings (SSSR count). The van der Waals surface area contributed by atoms with Crippen LogP contribution in [0, 0.1) is 24.1 Å². The molecule has 2 aromatic rings. The number of aryl methyl sites for hydroxylation is 1. The maximum absolute atomic E-state index is 13.1. The van der Waals surface area contributed by atoms with Gasteiger partial charge in [0.05, 0.1) is 21.3 Å². The Morgan fingerprint density at radius 2 is 1.95 bits per heavy atom. The molecule has 0 aliphatic carbocycles. The third kappa shape index (κ3) is 2.78. The molecule has 0 spiro atoms. The molecule has 0 radical (unpaired) electrons. The van der Waals surface area contributed by atoms with Gasteiger partial charge in [-0.2, -0.15) is 5.26 Å². The first kappa shape index (κ1) is 13.6. The molecule has 0 saturated carbocycles. The number of nitrogens with one attached hydrogen (secondary N) is 1. The van der Waals surface area contributed by atoms with Crippen LogP contribution < -0.4 is 5.32 Å². The molecule has 1 N–H and O–H groups in total. The summed E-state index contributed by atoms with van der Waals surface area (Å²) in [6, 6.07) is 6.04. The summed E-state index contributed by atoms with van der Waals surface area (Å²) in [5.41, 5.74) is 1.48. The van der Waals surface area contributed by atoms with Gasteiger partial charge in [0.1, 0.15) is 17.7 Å². The molecular weight excluding hydrogens is 288 g/mol. The highest BCUT2D eigenvalue weighted by Crippen LogP contribution is 2.34. The number of benzene rings is 1. The monoisotopic (exact) mass is 295 g/mol. The van der Waals surface area contributed by atoms with E-state index >= 15 is 0 Å². The molecular formula is C13H8Cl2FN3. The summed E-state index contributed by atoms with van der Waals surface area (Å²) in [6.45, 7) is 1.79. The second kappa shape index (κ2) is 5.43. The Morgan fingerprint density at radius 1 is 1.32 bits per heavy atom. The van der Waals surface area contributed by atoms with Crippen molar-refractivity contribution in [3.63, 3.8) is 0 Å². The number of anilines is 2. The third-order valence-electron chi connectivity index (χ3n) is 2.52. The minimum Gasteiger partial charge on any atom is -0.337 e. The van der Waals surface area contributed by atoms with E-state index in [9.17, 15) is 4.39 Å². The van der Waals surface area contributed by atoms with Gasteiger partial charge in [0.2, 0.25) is 0 Å². The van der Waals surface area contributed by atoms with Crippen LogP contribution >= 0.6 is 23.2 Å². The maximum atomic E-state index is 13.1. The largest absolute Gasteiger partial charge is 0.337 e. The number of rotatable bonds is 2. The normalized spacial score (nSPS) is 10.1. The number of nitriles is 1. The van der Waals surface area contributed by atoms with Crippen LogP contribution in [-0.4, -0.2) is 4.98 Å². The summed E-state index contributed by atoms with van der Waals surface area (Å²) in [6.07, 6.45) is 1.56. The van der Waals surface area contributed by atoms with Crippen LogP contribution in [0.15, 0.2) is 24.4 Å². The summed E-state index contributed by atoms with van der Waals surface area (Å²) < 4.78 is 13.1. The van der Waals surface area contributed by atoms with Gasteiger partial charge in [0.15, 0.2) is 0 Å². The number of pyridine rings is 1. The van der Waals surface area contributed by atoms with Crippen LogP contribution in [0.4, 0.5) is 15.9 Å². The van der Waals surface area contributed by atoms with Crippen LogP contribution in [0.5, 0.6) is 0 Å². The summed E-state index contributed by atoms with van der Waals surface area (Å²) in [7, 11) is 0. The number of hydrogen-bond acceptors (Lipinski definition) is 3. The molecule has 19 heavy (non-hydrogen) atoms. The second-order valence-corrected chi connectivity index (χ2v) is 4.65. The van der Waals surface area contributed by atoms with Crippen molar-refractivity contribution in [3.8, 4) is 6.07 Å². The Labute approximate surface area is 119 Å². The molecule has 96 valence electrons.